The Kier molecular flexibility index (Phi) is 5.91. The van der Waals surface area contributed by atoms with Crippen LogP contribution in [0.2, 0.25) is 0 Å². The molecule has 0 aliphatic heterocycles. The zero-order valence-electron chi connectivity index (χ0n) is 13.2. The molecule has 0 saturated heterocycles. The number of carbonyl (C=O) groups is 2. The van der Waals surface area contributed by atoms with Crippen LogP contribution in [-0.4, -0.2) is 38.8 Å². The number of aromatic carboxylic acids is 2. The first-order valence-corrected chi connectivity index (χ1v) is 5.87. The van der Waals surface area contributed by atoms with Crippen molar-refractivity contribution < 1.29 is 55.5 Å². The Bertz CT molecular complexity index is 873. The molecule has 0 aliphatic rings. The van der Waals surface area contributed by atoms with E-state index < -0.39 is 34.4 Å². The molecule has 1 aromatic heterocycles. The molecular weight excluding hydrogens is 319 g/mol. The number of benzene rings is 1. The van der Waals surface area contributed by atoms with Crippen LogP contribution in [0.4, 0.5) is 0 Å². The number of H-pyrrole nitrogens is 1. The Morgan fingerprint density at radius 2 is 1.70 bits per heavy atom. The summed E-state index contributed by atoms with van der Waals surface area (Å²) in [5.74, 6) is -3.01. The summed E-state index contributed by atoms with van der Waals surface area (Å²) in [7, 11) is 1.42. The van der Waals surface area contributed by atoms with Gasteiger partial charge in [-0.25, -0.2) is 14.4 Å². The van der Waals surface area contributed by atoms with Gasteiger partial charge in [0.15, 0.2) is 11.3 Å². The second-order valence-electron chi connectivity index (χ2n) is 4.13. The first-order chi connectivity index (χ1) is 10.4. The number of hydrogen-bond donors (Lipinski definition) is 3. The van der Waals surface area contributed by atoms with Crippen LogP contribution in [0.3, 0.4) is 0 Å². The minimum Gasteiger partial charge on any atom is -1.00 e. The number of nitrogens with one attached hydrogen (secondary N) is 1. The average Bonchev–Trinajstić information content (AvgIpc) is 2.46. The molecule has 1 heterocycles. The third kappa shape index (κ3) is 3.52. The predicted octanol–water partition coefficient (Wildman–Crippen LogP) is -2.95. The van der Waals surface area contributed by atoms with Gasteiger partial charge in [0.2, 0.25) is 0 Å². The van der Waals surface area contributed by atoms with E-state index in [0.29, 0.717) is 10.3 Å². The summed E-state index contributed by atoms with van der Waals surface area (Å²) >= 11 is 0. The fraction of sp³-hybridized carbons (Fsp3) is 0.0769. The number of aromatic nitrogens is 2. The first-order valence-electron chi connectivity index (χ1n) is 5.87. The van der Waals surface area contributed by atoms with E-state index in [2.05, 4.69) is 0 Å². The number of ether oxygens (including phenoxy) is 1. The third-order valence-corrected chi connectivity index (χ3v) is 2.86. The SMILES string of the molecule is COc1ccc(-n2c(C(=O)O)c(C(=O)O)c(=O)[nH]c2=O)cc1.[H-].[Na+]. The van der Waals surface area contributed by atoms with Crippen molar-refractivity contribution in [2.24, 2.45) is 0 Å². The van der Waals surface area contributed by atoms with E-state index in [4.69, 9.17) is 9.84 Å². The van der Waals surface area contributed by atoms with Crippen molar-refractivity contribution in [3.63, 3.8) is 0 Å². The van der Waals surface area contributed by atoms with E-state index >= 15 is 0 Å². The fourth-order valence-electron chi connectivity index (χ4n) is 1.92. The van der Waals surface area contributed by atoms with Gasteiger partial charge in [-0.2, -0.15) is 0 Å². The van der Waals surface area contributed by atoms with E-state index in [9.17, 15) is 24.3 Å². The summed E-state index contributed by atoms with van der Waals surface area (Å²) in [5.41, 5.74) is -4.21. The predicted molar refractivity (Wildman–Crippen MR) is 74.2 cm³/mol. The van der Waals surface area contributed by atoms with E-state index in [-0.39, 0.29) is 36.7 Å². The molecule has 0 aliphatic carbocycles. The van der Waals surface area contributed by atoms with Gasteiger partial charge >= 0.3 is 47.2 Å². The zero-order chi connectivity index (χ0) is 16.4. The molecule has 3 N–H and O–H groups in total. The van der Waals surface area contributed by atoms with Crippen molar-refractivity contribution in [3.8, 4) is 11.4 Å². The number of nitrogens with zero attached hydrogens (tertiary/aromatic N) is 1. The van der Waals surface area contributed by atoms with Crippen LogP contribution < -0.4 is 45.5 Å². The van der Waals surface area contributed by atoms with E-state index in [1.807, 2.05) is 0 Å². The van der Waals surface area contributed by atoms with E-state index in [1.54, 1.807) is 4.98 Å². The van der Waals surface area contributed by atoms with Crippen molar-refractivity contribution in [3.05, 3.63) is 56.4 Å². The monoisotopic (exact) mass is 330 g/mol. The molecule has 2 rings (SSSR count). The molecule has 0 saturated carbocycles. The summed E-state index contributed by atoms with van der Waals surface area (Å²) in [6.07, 6.45) is 0. The molecule has 0 spiro atoms. The van der Waals surface area contributed by atoms with Gasteiger partial charge in [0.1, 0.15) is 5.75 Å². The Morgan fingerprint density at radius 3 is 2.13 bits per heavy atom. The molecule has 0 bridgehead atoms. The van der Waals surface area contributed by atoms with Crippen molar-refractivity contribution >= 4 is 11.9 Å². The van der Waals surface area contributed by atoms with Gasteiger partial charge in [0.05, 0.1) is 12.8 Å². The summed E-state index contributed by atoms with van der Waals surface area (Å²) < 4.78 is 5.54. The summed E-state index contributed by atoms with van der Waals surface area (Å²) in [6, 6.07) is 5.63. The molecule has 0 radical (unpaired) electrons. The number of carboxylic acid groups (broad SMARTS) is 2. The molecule has 2 aromatic rings. The third-order valence-electron chi connectivity index (χ3n) is 2.86. The topological polar surface area (TPSA) is 139 Å². The quantitative estimate of drug-likeness (QED) is 0.509. The van der Waals surface area contributed by atoms with Gasteiger partial charge in [-0.1, -0.05) is 0 Å². The minimum absolute atomic E-state index is 0. The molecule has 10 heteroatoms. The maximum Gasteiger partial charge on any atom is 1.00 e. The molecule has 116 valence electrons. The Labute approximate surface area is 151 Å². The minimum atomic E-state index is -1.75. The molecule has 23 heavy (non-hydrogen) atoms. The van der Waals surface area contributed by atoms with Crippen LogP contribution in [0.25, 0.3) is 5.69 Å². The van der Waals surface area contributed by atoms with E-state index in [1.165, 1.54) is 31.4 Å². The van der Waals surface area contributed by atoms with Crippen LogP contribution in [0.15, 0.2) is 33.9 Å². The Morgan fingerprint density at radius 1 is 1.13 bits per heavy atom. The number of rotatable bonds is 4. The molecule has 1 aromatic carbocycles. The smallest absolute Gasteiger partial charge is 1.00 e. The summed E-state index contributed by atoms with van der Waals surface area (Å²) in [6.45, 7) is 0. The molecule has 9 nitrogen and oxygen atoms in total. The maximum absolute atomic E-state index is 11.9. The van der Waals surface area contributed by atoms with Crippen molar-refractivity contribution in [2.45, 2.75) is 0 Å². The van der Waals surface area contributed by atoms with Gasteiger partial charge in [0, 0.05) is 0 Å². The second kappa shape index (κ2) is 7.27. The van der Waals surface area contributed by atoms with Crippen molar-refractivity contribution in [1.82, 2.24) is 9.55 Å². The summed E-state index contributed by atoms with van der Waals surface area (Å²) in [5, 5.41) is 18.2. The number of hydrogen-bond acceptors (Lipinski definition) is 5. The normalized spacial score (nSPS) is 9.78. The zero-order valence-corrected chi connectivity index (χ0v) is 14.2. The van der Waals surface area contributed by atoms with Crippen LogP contribution in [0.5, 0.6) is 5.75 Å². The Hall–Kier alpha value is -2.36. The van der Waals surface area contributed by atoms with Crippen LogP contribution in [0.1, 0.15) is 22.3 Å². The van der Waals surface area contributed by atoms with Gasteiger partial charge < -0.3 is 16.4 Å². The molecule has 0 fully saturated rings. The maximum atomic E-state index is 11.9. The Balaban J connectivity index is 0.00000264. The van der Waals surface area contributed by atoms with Crippen LogP contribution in [0, 0.1) is 0 Å². The standard InChI is InChI=1S/C13H10N2O7.Na.H/c1-22-7-4-2-6(3-5-7)15-9(12(19)20)8(11(17)18)10(16)14-13(15)21;;/h2-5H,1H3,(H,17,18)(H,19,20)(H,14,16,21);;/q;+1;-1. The number of methoxy groups -OCH3 is 1. The first kappa shape index (κ1) is 18.7. The molecular formula is C13H11N2NaO7. The van der Waals surface area contributed by atoms with Gasteiger partial charge in [-0.15, -0.1) is 0 Å². The fourth-order valence-corrected chi connectivity index (χ4v) is 1.92. The van der Waals surface area contributed by atoms with Crippen LogP contribution >= 0.6 is 0 Å². The molecule has 0 unspecified atom stereocenters. The number of carboxylic acids is 2. The van der Waals surface area contributed by atoms with Crippen molar-refractivity contribution in [1.29, 1.82) is 0 Å². The number of aromatic amines is 1. The van der Waals surface area contributed by atoms with Gasteiger partial charge in [-0.3, -0.25) is 14.3 Å². The van der Waals surface area contributed by atoms with E-state index in [0.717, 1.165) is 0 Å². The van der Waals surface area contributed by atoms with Crippen LogP contribution in [-0.2, 0) is 0 Å². The van der Waals surface area contributed by atoms with Crippen molar-refractivity contribution in [2.75, 3.05) is 7.11 Å². The molecule has 0 atom stereocenters. The van der Waals surface area contributed by atoms with Gasteiger partial charge in [0.25, 0.3) is 5.56 Å². The second-order valence-corrected chi connectivity index (χ2v) is 4.13. The summed E-state index contributed by atoms with van der Waals surface area (Å²) in [4.78, 5) is 47.7. The average molecular weight is 330 g/mol. The largest absolute Gasteiger partial charge is 1.00 e. The molecule has 0 amide bonds. The van der Waals surface area contributed by atoms with Gasteiger partial charge in [-0.05, 0) is 24.3 Å².